The molecule has 0 atom stereocenters. The quantitative estimate of drug-likeness (QED) is 0.225. The van der Waals surface area contributed by atoms with E-state index in [0.29, 0.717) is 6.08 Å². The monoisotopic (exact) mass is 445 g/mol. The van der Waals surface area contributed by atoms with E-state index in [2.05, 4.69) is 9.97 Å². The number of isocyanates is 1. The van der Waals surface area contributed by atoms with Crippen LogP contribution in [0.4, 0.5) is 0 Å². The van der Waals surface area contributed by atoms with Crippen LogP contribution in [0.2, 0.25) is 0 Å². The standard InChI is InChI=1S/C3H3N3O3.CNO.2Ba/c7-1-4-2(8)6-3(9)5-1;2-1-3;;/h(H3,4,5,6,7,8,9);;;/q;-1;2*+2/p-2. The van der Waals surface area contributed by atoms with Crippen molar-refractivity contribution in [1.82, 2.24) is 9.97 Å². The van der Waals surface area contributed by atoms with Crippen LogP contribution in [-0.2, 0) is 4.79 Å². The first-order chi connectivity index (χ1) is 5.60. The third-order valence-electron chi connectivity index (χ3n) is 0.608. The van der Waals surface area contributed by atoms with E-state index in [1.54, 1.807) is 4.98 Å². The fraction of sp³-hybridized carbons (Fsp3) is 0. The molecule has 0 unspecified atom stereocenters. The summed E-state index contributed by atoms with van der Waals surface area (Å²) in [7, 11) is 0. The predicted octanol–water partition coefficient (Wildman–Crippen LogP) is -4.36. The van der Waals surface area contributed by atoms with Gasteiger partial charge < -0.3 is 20.7 Å². The van der Waals surface area contributed by atoms with Crippen molar-refractivity contribution in [2.75, 3.05) is 0 Å². The largest absolute Gasteiger partial charge is 2.00 e. The molecule has 0 fully saturated rings. The summed E-state index contributed by atoms with van der Waals surface area (Å²) in [5, 5.41) is 37.0. The molecule has 0 saturated carbocycles. The Kier molecular flexibility index (Phi) is 17.5. The molecule has 0 bridgehead atoms. The summed E-state index contributed by atoms with van der Waals surface area (Å²) >= 11 is 0. The third-order valence-corrected chi connectivity index (χ3v) is 0.608. The van der Waals surface area contributed by atoms with Crippen molar-refractivity contribution < 1.29 is 25.1 Å². The molecule has 0 aliphatic carbocycles. The zero-order valence-electron chi connectivity index (χ0n) is 6.89. The normalized spacial score (nSPS) is 6.57. The van der Waals surface area contributed by atoms with E-state index in [1.807, 2.05) is 0 Å². The van der Waals surface area contributed by atoms with Crippen LogP contribution in [0.15, 0.2) is 0 Å². The van der Waals surface area contributed by atoms with Crippen molar-refractivity contribution in [3.05, 3.63) is 5.41 Å². The van der Waals surface area contributed by atoms with Crippen LogP contribution in [0.25, 0.3) is 5.41 Å². The molecular weight excluding hydrogens is 443 g/mol. The number of nitrogens with one attached hydrogen (secondary N) is 1. The van der Waals surface area contributed by atoms with Crippen LogP contribution in [0.1, 0.15) is 0 Å². The van der Waals surface area contributed by atoms with Crippen molar-refractivity contribution in [1.29, 1.82) is 0 Å². The van der Waals surface area contributed by atoms with Gasteiger partial charge >= 0.3 is 97.8 Å². The molecule has 0 amide bonds. The Morgan fingerprint density at radius 1 is 1.14 bits per heavy atom. The van der Waals surface area contributed by atoms with Crippen molar-refractivity contribution >= 4 is 104 Å². The molecule has 1 aromatic rings. The Hall–Kier alpha value is 0.933. The number of carbonyl (C=O) groups excluding carboxylic acids is 1. The third kappa shape index (κ3) is 11.0. The van der Waals surface area contributed by atoms with Gasteiger partial charge in [0.2, 0.25) is 18.0 Å². The molecule has 0 aromatic carbocycles. The molecule has 1 heterocycles. The van der Waals surface area contributed by atoms with Gasteiger partial charge in [-0.1, -0.05) is 9.97 Å². The second-order valence-corrected chi connectivity index (χ2v) is 1.33. The van der Waals surface area contributed by atoms with Gasteiger partial charge in [0.05, 0.1) is 0 Å². The molecule has 1 rings (SSSR count). The van der Waals surface area contributed by atoms with Gasteiger partial charge in [-0.15, -0.1) is 0 Å². The molecule has 1 aromatic heterocycles. The summed E-state index contributed by atoms with van der Waals surface area (Å²) in [4.78, 5) is 15.4. The fourth-order valence-corrected chi connectivity index (χ4v) is 0.346. The average molecular weight is 444 g/mol. The molecule has 0 spiro atoms. The summed E-state index contributed by atoms with van der Waals surface area (Å²) < 4.78 is 0. The maximum atomic E-state index is 10.1. The summed E-state index contributed by atoms with van der Waals surface area (Å²) in [6, 6.07) is -2.97. The van der Waals surface area contributed by atoms with E-state index in [1.165, 1.54) is 0 Å². The Morgan fingerprint density at radius 3 is 1.64 bits per heavy atom. The maximum Gasteiger partial charge on any atom is 2.00 e. The number of aromatic amines is 1. The first kappa shape index (κ1) is 20.4. The summed E-state index contributed by atoms with van der Waals surface area (Å²) in [6.07, 6.45) is 0.500. The molecule has 10 heteroatoms. The number of hydrogen-bond donors (Lipinski definition) is 0. The Morgan fingerprint density at radius 2 is 1.43 bits per heavy atom. The van der Waals surface area contributed by atoms with Gasteiger partial charge in [-0.05, 0) is 6.08 Å². The fourth-order valence-electron chi connectivity index (χ4n) is 0.346. The van der Waals surface area contributed by atoms with E-state index >= 15 is 0 Å². The zero-order valence-corrected chi connectivity index (χ0v) is 15.8. The minimum Gasteiger partial charge on any atom is -0.820 e. The molecule has 0 saturated heterocycles. The second kappa shape index (κ2) is 12.0. The number of aromatic nitrogens is 3. The minimum absolute atomic E-state index is 0. The van der Waals surface area contributed by atoms with Gasteiger partial charge in [0.15, 0.2) is 0 Å². The summed E-state index contributed by atoms with van der Waals surface area (Å²) in [5.41, 5.74) is 0. The van der Waals surface area contributed by atoms with Gasteiger partial charge in [0.1, 0.15) is 0 Å². The van der Waals surface area contributed by atoms with Crippen LogP contribution >= 0.6 is 0 Å². The van der Waals surface area contributed by atoms with Crippen LogP contribution in [-0.4, -0.2) is 114 Å². The molecule has 0 aliphatic rings. The van der Waals surface area contributed by atoms with Crippen LogP contribution in [0.5, 0.6) is 18.0 Å². The minimum atomic E-state index is -1.05. The molecule has 64 valence electrons. The second-order valence-electron chi connectivity index (χ2n) is 1.33. The molecule has 1 N–H and O–H groups in total. The Bertz CT molecular complexity index is 253. The smallest absolute Gasteiger partial charge is 0.820 e. The maximum absolute atomic E-state index is 10.1. The zero-order chi connectivity index (χ0) is 9.56. The number of rotatable bonds is 0. The molecular formula is C4HBa2N4O4+. The summed E-state index contributed by atoms with van der Waals surface area (Å²) in [6.45, 7) is 0. The SMILES string of the molecule is [Ba+2].[Ba+2].[N-]=C=O.[O-]c1nc([O-])[nH+]c([O-])n1. The van der Waals surface area contributed by atoms with E-state index in [4.69, 9.17) is 10.2 Å². The van der Waals surface area contributed by atoms with Crippen LogP contribution in [0.3, 0.4) is 0 Å². The number of nitrogens with zero attached hydrogens (tertiary/aromatic N) is 3. The van der Waals surface area contributed by atoms with Crippen molar-refractivity contribution in [2.24, 2.45) is 0 Å². The van der Waals surface area contributed by atoms with E-state index < -0.39 is 18.0 Å². The van der Waals surface area contributed by atoms with Crippen LogP contribution < -0.4 is 20.3 Å². The topological polar surface area (TPSA) is 148 Å². The first-order valence-corrected chi connectivity index (χ1v) is 2.43. The molecule has 14 heavy (non-hydrogen) atoms. The Balaban J connectivity index is -0.000000218. The van der Waals surface area contributed by atoms with Gasteiger partial charge in [-0.2, -0.15) is 0 Å². The first-order valence-electron chi connectivity index (χ1n) is 2.43. The molecule has 0 radical (unpaired) electrons. The van der Waals surface area contributed by atoms with Gasteiger partial charge in [-0.25, -0.2) is 0 Å². The van der Waals surface area contributed by atoms with Crippen molar-refractivity contribution in [2.45, 2.75) is 0 Å². The van der Waals surface area contributed by atoms with Gasteiger partial charge in [0.25, 0.3) is 0 Å². The van der Waals surface area contributed by atoms with Crippen molar-refractivity contribution in [3.8, 4) is 18.0 Å². The Labute approximate surface area is 159 Å². The van der Waals surface area contributed by atoms with Crippen LogP contribution in [0, 0.1) is 0 Å². The van der Waals surface area contributed by atoms with Gasteiger partial charge in [-0.3, -0.25) is 9.78 Å². The summed E-state index contributed by atoms with van der Waals surface area (Å²) in [5.74, 6) is 0. The van der Waals surface area contributed by atoms with E-state index in [0.717, 1.165) is 0 Å². The number of H-pyrrole nitrogens is 1. The van der Waals surface area contributed by atoms with Gasteiger partial charge in [0, 0.05) is 0 Å². The average Bonchev–Trinajstić information content (AvgIpc) is 1.84. The van der Waals surface area contributed by atoms with Crippen molar-refractivity contribution in [3.63, 3.8) is 0 Å². The molecule has 0 aliphatic heterocycles. The number of hydrogen-bond acceptors (Lipinski definition) is 6. The van der Waals surface area contributed by atoms with E-state index in [9.17, 15) is 15.3 Å². The van der Waals surface area contributed by atoms with E-state index in [-0.39, 0.29) is 97.8 Å². The predicted molar refractivity (Wildman–Crippen MR) is 37.5 cm³/mol. The molecule has 8 nitrogen and oxygen atoms in total.